The fraction of sp³-hybridized carbons (Fsp3) is 0.233. The van der Waals surface area contributed by atoms with Crippen LogP contribution in [0, 0.1) is 6.92 Å². The number of hydrogen-bond acceptors (Lipinski definition) is 7. The summed E-state index contributed by atoms with van der Waals surface area (Å²) in [6.45, 7) is 3.98. The van der Waals surface area contributed by atoms with E-state index in [1.807, 2.05) is 31.2 Å². The first-order chi connectivity index (χ1) is 18.3. The number of aryl methyl sites for hydroxylation is 1. The molecule has 1 heterocycles. The topological polar surface area (TPSA) is 102 Å². The molecule has 0 bridgehead atoms. The molecule has 1 fully saturated rings. The first kappa shape index (κ1) is 26.5. The molecule has 1 unspecified atom stereocenters. The summed E-state index contributed by atoms with van der Waals surface area (Å²) in [6, 6.07) is 18.2. The average Bonchev–Trinajstić information content (AvgIpc) is 3.17. The van der Waals surface area contributed by atoms with Crippen LogP contribution in [-0.4, -0.2) is 48.5 Å². The maximum absolute atomic E-state index is 13.5. The second kappa shape index (κ2) is 11.2. The van der Waals surface area contributed by atoms with Gasteiger partial charge in [0.15, 0.2) is 0 Å². The minimum Gasteiger partial charge on any atom is -0.506 e. The predicted octanol–water partition coefficient (Wildman–Crippen LogP) is 4.81. The monoisotopic (exact) mass is 515 g/mol. The Morgan fingerprint density at radius 1 is 0.947 bits per heavy atom. The van der Waals surface area contributed by atoms with E-state index in [4.69, 9.17) is 14.2 Å². The SMILES string of the molecule is CCOC(=O)c1ccc(CN2C(=O)C(=O)/C(=C(/O)c3c(OC)cccc3OC)C2c2cccc(C)c2)cc1. The van der Waals surface area contributed by atoms with Gasteiger partial charge in [0.2, 0.25) is 0 Å². The zero-order valence-electron chi connectivity index (χ0n) is 21.7. The second-order valence-corrected chi connectivity index (χ2v) is 8.80. The van der Waals surface area contributed by atoms with Crippen LogP contribution in [0.15, 0.2) is 72.3 Å². The summed E-state index contributed by atoms with van der Waals surface area (Å²) in [6.07, 6.45) is 0. The van der Waals surface area contributed by atoms with Crippen molar-refractivity contribution in [1.82, 2.24) is 4.90 Å². The summed E-state index contributed by atoms with van der Waals surface area (Å²) in [5.41, 5.74) is 2.81. The molecule has 8 nitrogen and oxygen atoms in total. The van der Waals surface area contributed by atoms with Crippen LogP contribution < -0.4 is 9.47 Å². The molecule has 4 rings (SSSR count). The highest BCUT2D eigenvalue weighted by atomic mass is 16.5. The van der Waals surface area contributed by atoms with E-state index in [2.05, 4.69) is 0 Å². The van der Waals surface area contributed by atoms with Crippen molar-refractivity contribution in [3.63, 3.8) is 0 Å². The summed E-state index contributed by atoms with van der Waals surface area (Å²) in [7, 11) is 2.89. The van der Waals surface area contributed by atoms with Crippen molar-refractivity contribution in [2.75, 3.05) is 20.8 Å². The van der Waals surface area contributed by atoms with Crippen LogP contribution >= 0.6 is 0 Å². The summed E-state index contributed by atoms with van der Waals surface area (Å²) in [5.74, 6) is -1.79. The largest absolute Gasteiger partial charge is 0.506 e. The van der Waals surface area contributed by atoms with Gasteiger partial charge in [0, 0.05) is 6.54 Å². The number of aliphatic hydroxyl groups is 1. The molecule has 8 heteroatoms. The Kier molecular flexibility index (Phi) is 7.81. The van der Waals surface area contributed by atoms with E-state index in [1.54, 1.807) is 49.4 Å². The lowest BCUT2D eigenvalue weighted by atomic mass is 9.93. The van der Waals surface area contributed by atoms with Crippen LogP contribution in [0.1, 0.15) is 45.6 Å². The van der Waals surface area contributed by atoms with E-state index in [0.29, 0.717) is 28.2 Å². The number of carbonyl (C=O) groups excluding carboxylic acids is 3. The lowest BCUT2D eigenvalue weighted by Crippen LogP contribution is -2.29. The van der Waals surface area contributed by atoms with Gasteiger partial charge in [-0.1, -0.05) is 48.0 Å². The average molecular weight is 516 g/mol. The van der Waals surface area contributed by atoms with Gasteiger partial charge in [0.1, 0.15) is 22.8 Å². The zero-order chi connectivity index (χ0) is 27.4. The third-order valence-electron chi connectivity index (χ3n) is 6.38. The molecule has 1 atom stereocenters. The van der Waals surface area contributed by atoms with Crippen molar-refractivity contribution in [3.8, 4) is 11.5 Å². The predicted molar refractivity (Wildman–Crippen MR) is 141 cm³/mol. The Hall–Kier alpha value is -4.59. The van der Waals surface area contributed by atoms with Gasteiger partial charge in [0.25, 0.3) is 11.7 Å². The molecular formula is C30H29NO7. The molecule has 3 aromatic carbocycles. The molecule has 1 N–H and O–H groups in total. The number of rotatable bonds is 8. The second-order valence-electron chi connectivity index (χ2n) is 8.80. The van der Waals surface area contributed by atoms with Crippen LogP contribution in [0.4, 0.5) is 0 Å². The van der Waals surface area contributed by atoms with Crippen molar-refractivity contribution in [2.24, 2.45) is 0 Å². The van der Waals surface area contributed by atoms with E-state index in [9.17, 15) is 19.5 Å². The molecule has 0 radical (unpaired) electrons. The highest BCUT2D eigenvalue weighted by Gasteiger charge is 2.46. The van der Waals surface area contributed by atoms with Crippen LogP contribution in [-0.2, 0) is 20.9 Å². The van der Waals surface area contributed by atoms with Gasteiger partial charge in [-0.25, -0.2) is 4.79 Å². The molecule has 1 saturated heterocycles. The highest BCUT2D eigenvalue weighted by Crippen LogP contribution is 2.44. The Bertz CT molecular complexity index is 1390. The maximum atomic E-state index is 13.5. The normalized spacial score (nSPS) is 16.4. The number of Topliss-reactive ketones (excluding diaryl/α,β-unsaturated/α-hetero) is 1. The third kappa shape index (κ3) is 4.98. The number of benzene rings is 3. The first-order valence-electron chi connectivity index (χ1n) is 12.1. The maximum Gasteiger partial charge on any atom is 0.338 e. The number of ketones is 1. The smallest absolute Gasteiger partial charge is 0.338 e. The molecule has 0 aliphatic carbocycles. The van der Waals surface area contributed by atoms with Crippen LogP contribution in [0.2, 0.25) is 0 Å². The molecule has 196 valence electrons. The van der Waals surface area contributed by atoms with Gasteiger partial charge in [-0.2, -0.15) is 0 Å². The van der Waals surface area contributed by atoms with Crippen LogP contribution in [0.25, 0.3) is 5.76 Å². The van der Waals surface area contributed by atoms with Crippen molar-refractivity contribution < 1.29 is 33.7 Å². The van der Waals surface area contributed by atoms with Crippen molar-refractivity contribution in [2.45, 2.75) is 26.4 Å². The highest BCUT2D eigenvalue weighted by molar-refractivity contribution is 6.46. The summed E-state index contributed by atoms with van der Waals surface area (Å²) in [4.78, 5) is 40.3. The first-order valence-corrected chi connectivity index (χ1v) is 12.1. The fourth-order valence-electron chi connectivity index (χ4n) is 4.61. The van der Waals surface area contributed by atoms with Crippen LogP contribution in [0.5, 0.6) is 11.5 Å². The molecule has 1 amide bonds. The van der Waals surface area contributed by atoms with Gasteiger partial charge in [-0.3, -0.25) is 9.59 Å². The summed E-state index contributed by atoms with van der Waals surface area (Å²) in [5, 5.41) is 11.5. The van der Waals surface area contributed by atoms with Crippen molar-refractivity contribution >= 4 is 23.4 Å². The number of carbonyl (C=O) groups is 3. The lowest BCUT2D eigenvalue weighted by Gasteiger charge is -2.26. The Morgan fingerprint density at radius 2 is 1.58 bits per heavy atom. The number of likely N-dealkylation sites (tertiary alicyclic amines) is 1. The number of methoxy groups -OCH3 is 2. The standard InChI is InChI=1S/C30H29NO7/c1-5-38-30(35)20-14-12-19(13-15-20)17-31-26(21-9-6-8-18(2)16-21)25(28(33)29(31)34)27(32)24-22(36-3)10-7-11-23(24)37-4/h6-16,26,32H,5,17H2,1-4H3/b27-25+. The number of aliphatic hydroxyl groups excluding tert-OH is 1. The molecule has 3 aromatic rings. The van der Waals surface area contributed by atoms with E-state index in [1.165, 1.54) is 19.1 Å². The van der Waals surface area contributed by atoms with Crippen molar-refractivity contribution in [1.29, 1.82) is 0 Å². The number of hydrogen-bond donors (Lipinski definition) is 1. The summed E-state index contributed by atoms with van der Waals surface area (Å²) >= 11 is 0. The quantitative estimate of drug-likeness (QED) is 0.199. The third-order valence-corrected chi connectivity index (χ3v) is 6.38. The van der Waals surface area contributed by atoms with Crippen LogP contribution in [0.3, 0.4) is 0 Å². The fourth-order valence-corrected chi connectivity index (χ4v) is 4.61. The van der Waals surface area contributed by atoms with E-state index >= 15 is 0 Å². The van der Waals surface area contributed by atoms with Gasteiger partial charge in [-0.05, 0) is 49.2 Å². The van der Waals surface area contributed by atoms with E-state index < -0.39 is 23.7 Å². The number of esters is 1. The number of amides is 1. The van der Waals surface area contributed by atoms with Gasteiger partial charge < -0.3 is 24.2 Å². The van der Waals surface area contributed by atoms with E-state index in [-0.39, 0.29) is 30.0 Å². The van der Waals surface area contributed by atoms with Gasteiger partial charge in [0.05, 0.1) is 38.0 Å². The van der Waals surface area contributed by atoms with E-state index in [0.717, 1.165) is 5.56 Å². The Labute approximate surface area is 221 Å². The molecular weight excluding hydrogens is 486 g/mol. The minimum atomic E-state index is -0.866. The molecule has 0 saturated carbocycles. The molecule has 38 heavy (non-hydrogen) atoms. The molecule has 1 aliphatic heterocycles. The minimum absolute atomic E-state index is 0.0634. The van der Waals surface area contributed by atoms with Gasteiger partial charge in [-0.15, -0.1) is 0 Å². The summed E-state index contributed by atoms with van der Waals surface area (Å²) < 4.78 is 15.9. The number of nitrogens with zero attached hydrogens (tertiary/aromatic N) is 1. The molecule has 0 spiro atoms. The van der Waals surface area contributed by atoms with Crippen molar-refractivity contribution in [3.05, 3.63) is 100 Å². The lowest BCUT2D eigenvalue weighted by molar-refractivity contribution is -0.140. The molecule has 0 aromatic heterocycles. The molecule has 1 aliphatic rings. The number of ether oxygens (including phenoxy) is 3. The Morgan fingerprint density at radius 3 is 2.16 bits per heavy atom. The van der Waals surface area contributed by atoms with Gasteiger partial charge >= 0.3 is 5.97 Å². The Balaban J connectivity index is 1.84. The zero-order valence-corrected chi connectivity index (χ0v) is 21.7.